The molecule has 1 aromatic carbocycles. The molecular formula is C14H18ClNO4S. The molecule has 0 aliphatic rings. The number of nitrogens with one attached hydrogen (secondary N) is 1. The van der Waals surface area contributed by atoms with E-state index in [-0.39, 0.29) is 0 Å². The number of benzene rings is 1. The Kier molecular flexibility index (Phi) is 5.55. The van der Waals surface area contributed by atoms with Gasteiger partial charge in [-0.25, -0.2) is 8.42 Å². The summed E-state index contributed by atoms with van der Waals surface area (Å²) in [5.74, 6) is -1.22. The first-order valence-electron chi connectivity index (χ1n) is 6.20. The molecule has 0 aliphatic heterocycles. The average Bonchev–Trinajstić information content (AvgIpc) is 2.34. The molecule has 0 heterocycles. The van der Waals surface area contributed by atoms with Gasteiger partial charge in [-0.1, -0.05) is 44.5 Å². The van der Waals surface area contributed by atoms with Crippen LogP contribution in [0.15, 0.2) is 29.7 Å². The van der Waals surface area contributed by atoms with Crippen molar-refractivity contribution in [3.8, 4) is 0 Å². The number of carboxylic acid groups (broad SMARTS) is 1. The SMILES string of the molecule is CC(C)(C)[C@@H](NS(=O)(=O)/C=C/c1ccc(Cl)cc1)C(=O)O. The maximum absolute atomic E-state index is 11.9. The second-order valence-corrected chi connectivity index (χ2v) is 7.69. The molecule has 2 N–H and O–H groups in total. The van der Waals surface area contributed by atoms with Crippen molar-refractivity contribution in [1.29, 1.82) is 0 Å². The molecule has 5 nitrogen and oxygen atoms in total. The third-order valence-electron chi connectivity index (χ3n) is 2.70. The first-order valence-corrected chi connectivity index (χ1v) is 8.12. The Bertz CT molecular complexity index is 630. The number of hydrogen-bond donors (Lipinski definition) is 2. The summed E-state index contributed by atoms with van der Waals surface area (Å²) in [5.41, 5.74) is -0.0973. The summed E-state index contributed by atoms with van der Waals surface area (Å²) in [6, 6.07) is 5.38. The van der Waals surface area contributed by atoms with Crippen LogP contribution in [-0.4, -0.2) is 25.5 Å². The van der Waals surface area contributed by atoms with Crippen LogP contribution < -0.4 is 4.72 Å². The predicted octanol–water partition coefficient (Wildman–Crippen LogP) is 2.73. The fourth-order valence-corrected chi connectivity index (χ4v) is 2.87. The second-order valence-electron chi connectivity index (χ2n) is 5.65. The van der Waals surface area contributed by atoms with Crippen molar-refractivity contribution < 1.29 is 18.3 Å². The molecule has 0 aliphatic carbocycles. The molecule has 1 atom stereocenters. The number of sulfonamides is 1. The fourth-order valence-electron chi connectivity index (χ4n) is 1.54. The fraction of sp³-hybridized carbons (Fsp3) is 0.357. The van der Waals surface area contributed by atoms with Gasteiger partial charge in [-0.05, 0) is 29.2 Å². The highest BCUT2D eigenvalue weighted by Crippen LogP contribution is 2.20. The molecule has 1 rings (SSSR count). The summed E-state index contributed by atoms with van der Waals surface area (Å²) in [6.45, 7) is 4.95. The van der Waals surface area contributed by atoms with Gasteiger partial charge >= 0.3 is 5.97 Å². The molecule has 0 bridgehead atoms. The van der Waals surface area contributed by atoms with Gasteiger partial charge in [0, 0.05) is 10.4 Å². The number of carboxylic acids is 1. The molecule has 21 heavy (non-hydrogen) atoms. The summed E-state index contributed by atoms with van der Waals surface area (Å²) >= 11 is 5.74. The van der Waals surface area contributed by atoms with Crippen LogP contribution in [0.25, 0.3) is 6.08 Å². The van der Waals surface area contributed by atoms with E-state index >= 15 is 0 Å². The summed E-state index contributed by atoms with van der Waals surface area (Å²) in [7, 11) is -3.86. The van der Waals surface area contributed by atoms with Crippen LogP contribution >= 0.6 is 11.6 Å². The first-order chi connectivity index (χ1) is 9.51. The average molecular weight is 332 g/mol. The van der Waals surface area contributed by atoms with E-state index in [0.717, 1.165) is 5.41 Å². The highest BCUT2D eigenvalue weighted by atomic mass is 35.5. The van der Waals surface area contributed by atoms with Crippen molar-refractivity contribution in [2.45, 2.75) is 26.8 Å². The van der Waals surface area contributed by atoms with Gasteiger partial charge in [0.15, 0.2) is 0 Å². The van der Waals surface area contributed by atoms with Gasteiger partial charge in [0.2, 0.25) is 10.0 Å². The van der Waals surface area contributed by atoms with Crippen LogP contribution in [0.4, 0.5) is 0 Å². The number of hydrogen-bond acceptors (Lipinski definition) is 3. The van der Waals surface area contributed by atoms with E-state index in [1.165, 1.54) is 6.08 Å². The topological polar surface area (TPSA) is 83.5 Å². The highest BCUT2D eigenvalue weighted by molar-refractivity contribution is 7.92. The van der Waals surface area contributed by atoms with Crippen molar-refractivity contribution in [3.05, 3.63) is 40.3 Å². The zero-order valence-corrected chi connectivity index (χ0v) is 13.6. The summed E-state index contributed by atoms with van der Waals surface area (Å²) in [5, 5.41) is 10.6. The van der Waals surface area contributed by atoms with E-state index in [1.54, 1.807) is 45.0 Å². The molecule has 0 aromatic heterocycles. The normalized spacial score (nSPS) is 14.3. The van der Waals surface area contributed by atoms with Crippen LogP contribution in [0.5, 0.6) is 0 Å². The zero-order chi connectivity index (χ0) is 16.3. The predicted molar refractivity (Wildman–Crippen MR) is 83.4 cm³/mol. The highest BCUT2D eigenvalue weighted by Gasteiger charge is 2.33. The summed E-state index contributed by atoms with van der Waals surface area (Å²) in [6.07, 6.45) is 1.38. The van der Waals surface area contributed by atoms with Crippen molar-refractivity contribution in [1.82, 2.24) is 4.72 Å². The lowest BCUT2D eigenvalue weighted by Gasteiger charge is -2.26. The van der Waals surface area contributed by atoms with Gasteiger partial charge in [-0.3, -0.25) is 4.79 Å². The van der Waals surface area contributed by atoms with Gasteiger partial charge in [0.25, 0.3) is 0 Å². The largest absolute Gasteiger partial charge is 0.480 e. The monoisotopic (exact) mass is 331 g/mol. The molecule has 1 aromatic rings. The van der Waals surface area contributed by atoms with Crippen molar-refractivity contribution in [3.63, 3.8) is 0 Å². The molecular weight excluding hydrogens is 314 g/mol. The van der Waals surface area contributed by atoms with Gasteiger partial charge < -0.3 is 5.11 Å². The van der Waals surface area contributed by atoms with E-state index in [1.807, 2.05) is 0 Å². The molecule has 0 saturated heterocycles. The van der Waals surface area contributed by atoms with E-state index in [9.17, 15) is 13.2 Å². The zero-order valence-electron chi connectivity index (χ0n) is 12.0. The Morgan fingerprint density at radius 1 is 1.29 bits per heavy atom. The van der Waals surface area contributed by atoms with E-state index in [4.69, 9.17) is 16.7 Å². The van der Waals surface area contributed by atoms with Crippen molar-refractivity contribution in [2.24, 2.45) is 5.41 Å². The summed E-state index contributed by atoms with van der Waals surface area (Å²) in [4.78, 5) is 11.2. The Morgan fingerprint density at radius 2 is 1.81 bits per heavy atom. The molecule has 0 spiro atoms. The lowest BCUT2D eigenvalue weighted by molar-refractivity contribution is -0.141. The van der Waals surface area contributed by atoms with Gasteiger partial charge in [0.05, 0.1) is 0 Å². The van der Waals surface area contributed by atoms with E-state index in [2.05, 4.69) is 4.72 Å². The number of halogens is 1. The van der Waals surface area contributed by atoms with Crippen LogP contribution in [0.2, 0.25) is 5.02 Å². The molecule has 0 unspecified atom stereocenters. The van der Waals surface area contributed by atoms with Crippen LogP contribution in [-0.2, 0) is 14.8 Å². The lowest BCUT2D eigenvalue weighted by Crippen LogP contribution is -2.48. The smallest absolute Gasteiger partial charge is 0.322 e. The first kappa shape index (κ1) is 17.7. The third-order valence-corrected chi connectivity index (χ3v) is 4.02. The van der Waals surface area contributed by atoms with Gasteiger partial charge in [-0.2, -0.15) is 4.72 Å². The minimum absolute atomic E-state index is 0.548. The molecule has 0 fully saturated rings. The van der Waals surface area contributed by atoms with Gasteiger partial charge in [-0.15, -0.1) is 0 Å². The van der Waals surface area contributed by atoms with Crippen LogP contribution in [0.3, 0.4) is 0 Å². The van der Waals surface area contributed by atoms with Crippen LogP contribution in [0.1, 0.15) is 26.3 Å². The van der Waals surface area contributed by atoms with Crippen molar-refractivity contribution >= 4 is 33.7 Å². The van der Waals surface area contributed by atoms with Gasteiger partial charge in [0.1, 0.15) is 6.04 Å². The summed E-state index contributed by atoms with van der Waals surface area (Å²) < 4.78 is 26.1. The van der Waals surface area contributed by atoms with E-state index < -0.39 is 27.4 Å². The third kappa shape index (κ3) is 5.87. The quantitative estimate of drug-likeness (QED) is 0.869. The Hall–Kier alpha value is -1.37. The van der Waals surface area contributed by atoms with Crippen LogP contribution in [0, 0.1) is 5.41 Å². The Labute approximate surface area is 129 Å². The minimum atomic E-state index is -3.86. The molecule has 0 saturated carbocycles. The minimum Gasteiger partial charge on any atom is -0.480 e. The van der Waals surface area contributed by atoms with E-state index in [0.29, 0.717) is 10.6 Å². The number of aliphatic carboxylic acids is 1. The number of rotatable bonds is 5. The lowest BCUT2D eigenvalue weighted by atomic mass is 9.88. The standard InChI is InChI=1S/C14H18ClNO4S/c1-14(2,3)12(13(17)18)16-21(19,20)9-8-10-4-6-11(15)7-5-10/h4-9,12,16H,1-3H3,(H,17,18)/b9-8+/t12-/m0/s1. The number of carbonyl (C=O) groups is 1. The molecule has 0 radical (unpaired) electrons. The Balaban J connectivity index is 2.91. The van der Waals surface area contributed by atoms with Crippen molar-refractivity contribution in [2.75, 3.05) is 0 Å². The maximum Gasteiger partial charge on any atom is 0.322 e. The molecule has 7 heteroatoms. The molecule has 0 amide bonds. The molecule has 116 valence electrons. The Morgan fingerprint density at radius 3 is 2.24 bits per heavy atom. The maximum atomic E-state index is 11.9. The second kappa shape index (κ2) is 6.60.